The van der Waals surface area contributed by atoms with Crippen LogP contribution in [0.25, 0.3) is 6.08 Å². The van der Waals surface area contributed by atoms with E-state index in [4.69, 9.17) is 19.2 Å². The molecular weight excluding hydrogens is 344 g/mol. The molecule has 0 aromatic heterocycles. The van der Waals surface area contributed by atoms with E-state index in [1.807, 2.05) is 31.2 Å². The number of ether oxygens (including phenoxy) is 1. The van der Waals surface area contributed by atoms with Gasteiger partial charge in [-0.2, -0.15) is 0 Å². The van der Waals surface area contributed by atoms with Crippen LogP contribution in [-0.2, 0) is 14.0 Å². The first-order valence-electron chi connectivity index (χ1n) is 8.30. The average Bonchev–Trinajstić information content (AvgIpc) is 3.06. The van der Waals surface area contributed by atoms with E-state index in [9.17, 15) is 4.79 Å². The van der Waals surface area contributed by atoms with E-state index < -0.39 is 11.4 Å². The molecule has 7 nitrogen and oxygen atoms in total. The van der Waals surface area contributed by atoms with Crippen molar-refractivity contribution in [3.63, 3.8) is 0 Å². The number of unbranched alkanes of at least 4 members (excludes halogenated alkanes) is 3. The minimum absolute atomic E-state index is 0.333. The largest absolute Gasteiger partial charge is 0.496 e. The maximum Gasteiger partial charge on any atom is 0.243 e. The highest BCUT2D eigenvalue weighted by atomic mass is 32.2. The van der Waals surface area contributed by atoms with Gasteiger partial charge >= 0.3 is 0 Å². The first-order valence-corrected chi connectivity index (χ1v) is 9.75. The number of rotatable bonds is 9. The van der Waals surface area contributed by atoms with E-state index in [-0.39, 0.29) is 5.91 Å². The second-order valence-corrected chi connectivity index (χ2v) is 7.40. The van der Waals surface area contributed by atoms with Crippen LogP contribution in [-0.4, -0.2) is 24.0 Å². The Hall–Kier alpha value is -1.90. The van der Waals surface area contributed by atoms with Crippen molar-refractivity contribution in [2.24, 2.45) is 0 Å². The molecular formula is C17H26N2O5S. The molecule has 1 aliphatic rings. The normalized spacial score (nSPS) is 19.3. The van der Waals surface area contributed by atoms with Gasteiger partial charge in [-0.25, -0.2) is 5.48 Å². The van der Waals surface area contributed by atoms with Gasteiger partial charge in [-0.1, -0.05) is 25.0 Å². The third-order valence-corrected chi connectivity index (χ3v) is 5.21. The maximum atomic E-state index is 10.9. The van der Waals surface area contributed by atoms with E-state index in [0.717, 1.165) is 48.3 Å². The second kappa shape index (κ2) is 10.2. The van der Waals surface area contributed by atoms with Gasteiger partial charge in [-0.3, -0.25) is 14.7 Å². The molecule has 1 aromatic rings. The summed E-state index contributed by atoms with van der Waals surface area (Å²) in [6.07, 6.45) is 5.94. The molecule has 1 saturated heterocycles. The molecule has 0 bridgehead atoms. The highest BCUT2D eigenvalue weighted by molar-refractivity contribution is 8.11. The molecule has 140 valence electrons. The van der Waals surface area contributed by atoms with E-state index >= 15 is 0 Å². The molecule has 3 N–H and O–H groups in total. The lowest BCUT2D eigenvalue weighted by Crippen LogP contribution is -2.17. The number of hydroxylamine groups is 1. The quantitative estimate of drug-likeness (QED) is 0.176. The van der Waals surface area contributed by atoms with Gasteiger partial charge in [0, 0.05) is 23.8 Å². The molecule has 1 amide bonds. The standard InChI is InChI=1S/C17H26N2O5S/c1-13-8-9-14(15(11-13)22-2)12-17-19-25(24-23-17)10-6-4-3-5-7-16(20)18-21/h8-9,11-12,19,21,25H,3-7,10H2,1-2H3,(H,18,20)/b17-12-. The number of nitrogens with one attached hydrogen (secondary N) is 2. The molecule has 0 saturated carbocycles. The molecule has 1 aliphatic heterocycles. The minimum atomic E-state index is -0.838. The van der Waals surface area contributed by atoms with Crippen molar-refractivity contribution in [3.05, 3.63) is 35.2 Å². The summed E-state index contributed by atoms with van der Waals surface area (Å²) >= 11 is -0.838. The molecule has 0 spiro atoms. The predicted octanol–water partition coefficient (Wildman–Crippen LogP) is 3.14. The zero-order chi connectivity index (χ0) is 18.1. The number of carbonyl (C=O) groups is 1. The number of hydrogen-bond donors (Lipinski definition) is 4. The third-order valence-electron chi connectivity index (χ3n) is 3.77. The monoisotopic (exact) mass is 370 g/mol. The van der Waals surface area contributed by atoms with Crippen molar-refractivity contribution >= 4 is 23.3 Å². The Morgan fingerprint density at radius 2 is 2.16 bits per heavy atom. The fourth-order valence-electron chi connectivity index (χ4n) is 2.42. The van der Waals surface area contributed by atoms with E-state index in [1.165, 1.54) is 0 Å². The van der Waals surface area contributed by atoms with Gasteiger partial charge in [0.05, 0.1) is 7.11 Å². The summed E-state index contributed by atoms with van der Waals surface area (Å²) in [5.41, 5.74) is 3.70. The topological polar surface area (TPSA) is 89.1 Å². The summed E-state index contributed by atoms with van der Waals surface area (Å²) in [5.74, 6) is 1.93. The molecule has 1 fully saturated rings. The highest BCUT2D eigenvalue weighted by Crippen LogP contribution is 2.34. The van der Waals surface area contributed by atoms with Crippen molar-refractivity contribution < 1.29 is 24.0 Å². The molecule has 1 aromatic carbocycles. The first-order chi connectivity index (χ1) is 12.1. The van der Waals surface area contributed by atoms with Crippen molar-refractivity contribution in [2.45, 2.75) is 39.0 Å². The van der Waals surface area contributed by atoms with Gasteiger partial charge in [0.15, 0.2) is 0 Å². The molecule has 0 aliphatic carbocycles. The van der Waals surface area contributed by atoms with E-state index in [2.05, 4.69) is 4.72 Å². The van der Waals surface area contributed by atoms with Crippen molar-refractivity contribution in [3.8, 4) is 5.75 Å². The zero-order valence-electron chi connectivity index (χ0n) is 14.6. The Morgan fingerprint density at radius 3 is 2.92 bits per heavy atom. The van der Waals surface area contributed by atoms with Crippen LogP contribution in [0, 0.1) is 6.92 Å². The van der Waals surface area contributed by atoms with Crippen LogP contribution < -0.4 is 14.9 Å². The lowest BCUT2D eigenvalue weighted by molar-refractivity contribution is -0.135. The Morgan fingerprint density at radius 1 is 1.36 bits per heavy atom. The van der Waals surface area contributed by atoms with Crippen LogP contribution in [0.15, 0.2) is 24.1 Å². The van der Waals surface area contributed by atoms with E-state index in [0.29, 0.717) is 12.3 Å². The maximum absolute atomic E-state index is 10.9. The number of thiol groups is 1. The third kappa shape index (κ3) is 6.49. The van der Waals surface area contributed by atoms with Gasteiger partial charge in [-0.15, -0.1) is 4.33 Å². The Bertz CT molecular complexity index is 609. The van der Waals surface area contributed by atoms with Crippen molar-refractivity contribution in [1.82, 2.24) is 10.2 Å². The second-order valence-electron chi connectivity index (χ2n) is 5.82. The van der Waals surface area contributed by atoms with Crippen LogP contribution in [0.3, 0.4) is 0 Å². The summed E-state index contributed by atoms with van der Waals surface area (Å²) in [5, 5.41) is 8.41. The Labute approximate surface area is 150 Å². The minimum Gasteiger partial charge on any atom is -0.496 e. The summed E-state index contributed by atoms with van der Waals surface area (Å²) < 4.78 is 14.0. The van der Waals surface area contributed by atoms with Gasteiger partial charge in [0.25, 0.3) is 0 Å². The molecule has 0 radical (unpaired) electrons. The van der Waals surface area contributed by atoms with Crippen molar-refractivity contribution in [2.75, 3.05) is 12.9 Å². The van der Waals surface area contributed by atoms with Gasteiger partial charge in [0.2, 0.25) is 11.8 Å². The summed E-state index contributed by atoms with van der Waals surface area (Å²) in [7, 11) is 1.65. The van der Waals surface area contributed by atoms with Crippen LogP contribution >= 0.6 is 11.4 Å². The van der Waals surface area contributed by atoms with Crippen LogP contribution in [0.4, 0.5) is 0 Å². The van der Waals surface area contributed by atoms with Crippen molar-refractivity contribution in [1.29, 1.82) is 0 Å². The first kappa shape index (κ1) is 19.4. The lowest BCUT2D eigenvalue weighted by atomic mass is 10.1. The predicted molar refractivity (Wildman–Crippen MR) is 97.9 cm³/mol. The van der Waals surface area contributed by atoms with Crippen LogP contribution in [0.5, 0.6) is 5.75 Å². The van der Waals surface area contributed by atoms with Crippen LogP contribution in [0.1, 0.15) is 43.2 Å². The fourth-order valence-corrected chi connectivity index (χ4v) is 3.68. The molecule has 2 rings (SSSR count). The lowest BCUT2D eigenvalue weighted by Gasteiger charge is -2.10. The van der Waals surface area contributed by atoms with E-state index in [1.54, 1.807) is 12.6 Å². The van der Waals surface area contributed by atoms with Gasteiger partial charge in [0.1, 0.15) is 5.75 Å². The summed E-state index contributed by atoms with van der Waals surface area (Å²) in [6, 6.07) is 5.97. The number of methoxy groups -OCH3 is 1. The number of amides is 1. The SMILES string of the molecule is COc1cc(C)ccc1/C=C1/N[SH](CCCCCCC(=O)NO)OO1. The molecule has 1 heterocycles. The number of benzene rings is 1. The molecule has 1 unspecified atom stereocenters. The highest BCUT2D eigenvalue weighted by Gasteiger charge is 2.18. The summed E-state index contributed by atoms with van der Waals surface area (Å²) in [4.78, 5) is 16.2. The molecule has 25 heavy (non-hydrogen) atoms. The Balaban J connectivity index is 1.72. The summed E-state index contributed by atoms with van der Waals surface area (Å²) in [6.45, 7) is 2.02. The van der Waals surface area contributed by atoms with Crippen LogP contribution in [0.2, 0.25) is 0 Å². The zero-order valence-corrected chi connectivity index (χ0v) is 15.5. The smallest absolute Gasteiger partial charge is 0.243 e. The molecule has 8 heteroatoms. The van der Waals surface area contributed by atoms with Gasteiger partial charge in [-0.05, 0) is 42.8 Å². The molecule has 1 atom stereocenters. The average molecular weight is 370 g/mol. The number of aryl methyl sites for hydroxylation is 1. The van der Waals surface area contributed by atoms with Gasteiger partial charge < -0.3 is 9.62 Å². The Kier molecular flexibility index (Phi) is 7.90. The number of carbonyl (C=O) groups excluding carboxylic acids is 1. The fraction of sp³-hybridized carbons (Fsp3) is 0.471. The number of hydrogen-bond acceptors (Lipinski definition) is 6.